The van der Waals surface area contributed by atoms with Crippen LogP contribution in [0.4, 0.5) is 5.82 Å². The summed E-state index contributed by atoms with van der Waals surface area (Å²) in [5.41, 5.74) is 0.520. The van der Waals surface area contributed by atoms with Crippen LogP contribution < -0.4 is 10.6 Å². The molecule has 7 heteroatoms. The van der Waals surface area contributed by atoms with Crippen molar-refractivity contribution in [3.8, 4) is 0 Å². The first-order valence-electron chi connectivity index (χ1n) is 8.38. The summed E-state index contributed by atoms with van der Waals surface area (Å²) in [6.07, 6.45) is 5.61. The molecule has 0 unspecified atom stereocenters. The Labute approximate surface area is 140 Å². The van der Waals surface area contributed by atoms with Gasteiger partial charge in [0.25, 0.3) is 5.91 Å². The molecule has 2 fully saturated rings. The number of anilines is 1. The minimum Gasteiger partial charge on any atom is -0.367 e. The lowest BCUT2D eigenvalue weighted by atomic mass is 9.90. The van der Waals surface area contributed by atoms with E-state index in [0.29, 0.717) is 24.2 Å². The Morgan fingerprint density at radius 2 is 1.83 bits per heavy atom. The third-order valence-corrected chi connectivity index (χ3v) is 4.77. The molecule has 3 amide bonds. The maximum atomic E-state index is 11.9. The first-order valence-corrected chi connectivity index (χ1v) is 8.38. The number of aromatic nitrogens is 1. The molecule has 2 aliphatic rings. The third-order valence-electron chi connectivity index (χ3n) is 4.77. The van der Waals surface area contributed by atoms with E-state index >= 15 is 0 Å². The molecule has 24 heavy (non-hydrogen) atoms. The standard InChI is InChI=1S/C17H22N4O3/c1-18-17(24)13-3-2-10-19-16(13)20-11-4-6-12(7-5-11)21-14(22)8-9-15(21)23/h2-3,10-12H,4-9H2,1H3,(H,18,24)(H,19,20). The van der Waals surface area contributed by atoms with Gasteiger partial charge in [0.2, 0.25) is 11.8 Å². The summed E-state index contributed by atoms with van der Waals surface area (Å²) in [4.78, 5) is 41.3. The normalized spacial score (nSPS) is 24.1. The number of carbonyl (C=O) groups is 3. The molecule has 0 radical (unpaired) electrons. The van der Waals surface area contributed by atoms with Crippen LogP contribution in [0.5, 0.6) is 0 Å². The minimum absolute atomic E-state index is 0.0210. The largest absolute Gasteiger partial charge is 0.367 e. The molecule has 0 bridgehead atoms. The van der Waals surface area contributed by atoms with Gasteiger partial charge in [0.1, 0.15) is 5.82 Å². The van der Waals surface area contributed by atoms with Crippen molar-refractivity contribution in [2.45, 2.75) is 50.6 Å². The molecule has 1 aromatic rings. The van der Waals surface area contributed by atoms with E-state index in [4.69, 9.17) is 0 Å². The molecule has 1 aliphatic heterocycles. The van der Waals surface area contributed by atoms with Gasteiger partial charge in [0, 0.05) is 38.2 Å². The molecular weight excluding hydrogens is 308 g/mol. The zero-order valence-corrected chi connectivity index (χ0v) is 13.7. The van der Waals surface area contributed by atoms with Gasteiger partial charge in [-0.3, -0.25) is 19.3 Å². The van der Waals surface area contributed by atoms with Crippen LogP contribution in [0.2, 0.25) is 0 Å². The van der Waals surface area contributed by atoms with E-state index in [1.807, 2.05) is 0 Å². The molecule has 2 heterocycles. The van der Waals surface area contributed by atoms with Crippen molar-refractivity contribution in [3.63, 3.8) is 0 Å². The SMILES string of the molecule is CNC(=O)c1cccnc1NC1CCC(N2C(=O)CCC2=O)CC1. The van der Waals surface area contributed by atoms with Crippen LogP contribution in [0.3, 0.4) is 0 Å². The van der Waals surface area contributed by atoms with E-state index in [1.165, 1.54) is 4.90 Å². The highest BCUT2D eigenvalue weighted by Gasteiger charge is 2.36. The fourth-order valence-electron chi connectivity index (χ4n) is 3.51. The van der Waals surface area contributed by atoms with Crippen LogP contribution in [0.25, 0.3) is 0 Å². The van der Waals surface area contributed by atoms with Gasteiger partial charge in [-0.05, 0) is 37.8 Å². The lowest BCUT2D eigenvalue weighted by Crippen LogP contribution is -2.43. The Bertz CT molecular complexity index is 637. The molecule has 1 saturated carbocycles. The number of hydrogen-bond acceptors (Lipinski definition) is 5. The van der Waals surface area contributed by atoms with E-state index in [2.05, 4.69) is 15.6 Å². The quantitative estimate of drug-likeness (QED) is 0.812. The number of nitrogens with one attached hydrogen (secondary N) is 2. The van der Waals surface area contributed by atoms with Crippen molar-refractivity contribution >= 4 is 23.5 Å². The van der Waals surface area contributed by atoms with Crippen LogP contribution >= 0.6 is 0 Å². The van der Waals surface area contributed by atoms with Crippen LogP contribution in [-0.4, -0.2) is 46.7 Å². The maximum Gasteiger partial charge on any atom is 0.254 e. The zero-order valence-electron chi connectivity index (χ0n) is 13.7. The molecule has 0 atom stereocenters. The minimum atomic E-state index is -0.174. The van der Waals surface area contributed by atoms with E-state index in [9.17, 15) is 14.4 Å². The second-order valence-electron chi connectivity index (χ2n) is 6.29. The van der Waals surface area contributed by atoms with Crippen molar-refractivity contribution in [3.05, 3.63) is 23.9 Å². The number of amides is 3. The topological polar surface area (TPSA) is 91.4 Å². The van der Waals surface area contributed by atoms with Gasteiger partial charge < -0.3 is 10.6 Å². The van der Waals surface area contributed by atoms with Gasteiger partial charge >= 0.3 is 0 Å². The smallest absolute Gasteiger partial charge is 0.254 e. The number of likely N-dealkylation sites (tertiary alicyclic amines) is 1. The van der Waals surface area contributed by atoms with Gasteiger partial charge in [-0.25, -0.2) is 4.98 Å². The molecule has 1 aromatic heterocycles. The molecule has 7 nitrogen and oxygen atoms in total. The summed E-state index contributed by atoms with van der Waals surface area (Å²) in [6, 6.07) is 3.68. The number of pyridine rings is 1. The van der Waals surface area contributed by atoms with Crippen molar-refractivity contribution in [2.75, 3.05) is 12.4 Å². The van der Waals surface area contributed by atoms with Gasteiger partial charge in [0.15, 0.2) is 0 Å². The highest BCUT2D eigenvalue weighted by molar-refractivity contribution is 6.02. The third kappa shape index (κ3) is 3.25. The van der Waals surface area contributed by atoms with Crippen LogP contribution in [-0.2, 0) is 9.59 Å². The van der Waals surface area contributed by atoms with Gasteiger partial charge in [-0.2, -0.15) is 0 Å². The summed E-state index contributed by atoms with van der Waals surface area (Å²) in [5.74, 6) is 0.326. The molecule has 0 aromatic carbocycles. The summed E-state index contributed by atoms with van der Waals surface area (Å²) in [5, 5.41) is 5.95. The lowest BCUT2D eigenvalue weighted by molar-refractivity contribution is -0.141. The molecule has 3 rings (SSSR count). The Kier molecular flexibility index (Phi) is 4.78. The highest BCUT2D eigenvalue weighted by atomic mass is 16.2. The van der Waals surface area contributed by atoms with Crippen LogP contribution in [0.1, 0.15) is 48.9 Å². The zero-order chi connectivity index (χ0) is 17.1. The van der Waals surface area contributed by atoms with Crippen molar-refractivity contribution < 1.29 is 14.4 Å². The molecular formula is C17H22N4O3. The average Bonchev–Trinajstić information content (AvgIpc) is 2.94. The summed E-state index contributed by atoms with van der Waals surface area (Å²) >= 11 is 0. The number of rotatable bonds is 4. The maximum absolute atomic E-state index is 11.9. The summed E-state index contributed by atoms with van der Waals surface area (Å²) < 4.78 is 0. The van der Waals surface area contributed by atoms with Gasteiger partial charge in [-0.1, -0.05) is 0 Å². The Balaban J connectivity index is 1.61. The number of nitrogens with zero attached hydrogens (tertiary/aromatic N) is 2. The summed E-state index contributed by atoms with van der Waals surface area (Å²) in [7, 11) is 1.59. The Morgan fingerprint density at radius 1 is 1.17 bits per heavy atom. The van der Waals surface area contributed by atoms with Crippen LogP contribution in [0.15, 0.2) is 18.3 Å². The monoisotopic (exact) mass is 330 g/mol. The fraction of sp³-hybridized carbons (Fsp3) is 0.529. The van der Waals surface area contributed by atoms with Gasteiger partial charge in [0.05, 0.1) is 5.56 Å². The first-order chi connectivity index (χ1) is 11.6. The predicted octanol–water partition coefficient (Wildman–Crippen LogP) is 1.31. The Hall–Kier alpha value is -2.44. The number of carbonyl (C=O) groups excluding carboxylic acids is 3. The Morgan fingerprint density at radius 3 is 2.46 bits per heavy atom. The van der Waals surface area contributed by atoms with Crippen molar-refractivity contribution in [1.82, 2.24) is 15.2 Å². The molecule has 2 N–H and O–H groups in total. The first kappa shape index (κ1) is 16.4. The van der Waals surface area contributed by atoms with Crippen LogP contribution in [0, 0.1) is 0 Å². The molecule has 1 saturated heterocycles. The molecule has 1 aliphatic carbocycles. The highest BCUT2D eigenvalue weighted by Crippen LogP contribution is 2.29. The number of imide groups is 1. The van der Waals surface area contributed by atoms with Crippen molar-refractivity contribution in [2.24, 2.45) is 0 Å². The predicted molar refractivity (Wildman–Crippen MR) is 88.4 cm³/mol. The number of hydrogen-bond donors (Lipinski definition) is 2. The molecule has 0 spiro atoms. The van der Waals surface area contributed by atoms with Crippen molar-refractivity contribution in [1.29, 1.82) is 0 Å². The van der Waals surface area contributed by atoms with E-state index in [-0.39, 0.29) is 29.8 Å². The van der Waals surface area contributed by atoms with Gasteiger partial charge in [-0.15, -0.1) is 0 Å². The second-order valence-corrected chi connectivity index (χ2v) is 6.29. The lowest BCUT2D eigenvalue weighted by Gasteiger charge is -2.34. The fourth-order valence-corrected chi connectivity index (χ4v) is 3.51. The van der Waals surface area contributed by atoms with E-state index < -0.39 is 0 Å². The summed E-state index contributed by atoms with van der Waals surface area (Å²) in [6.45, 7) is 0. The molecule has 128 valence electrons. The average molecular weight is 330 g/mol. The van der Waals surface area contributed by atoms with E-state index in [1.54, 1.807) is 25.4 Å². The van der Waals surface area contributed by atoms with E-state index in [0.717, 1.165) is 25.7 Å². The second kappa shape index (κ2) is 6.98.